The minimum Gasteiger partial charge on any atom is -0.378 e. The summed E-state index contributed by atoms with van der Waals surface area (Å²) in [4.78, 5) is 34.5. The Morgan fingerprint density at radius 1 is 0.939 bits per heavy atom. The van der Waals surface area contributed by atoms with Crippen molar-refractivity contribution in [1.82, 2.24) is 19.6 Å². The zero-order chi connectivity index (χ0) is 25.4. The largest absolute Gasteiger partial charge is 0.378 e. The maximum atomic E-state index is 13.1. The molecule has 0 aromatic heterocycles. The first-order valence-electron chi connectivity index (χ1n) is 12.8. The Labute approximate surface area is 203 Å². The third-order valence-electron chi connectivity index (χ3n) is 7.84. The number of hydrogen-bond donors (Lipinski definition) is 0. The molecular formula is C26H52N4O3. The summed E-state index contributed by atoms with van der Waals surface area (Å²) in [6.45, 7) is 16.9. The number of carbonyl (C=O) groups is 2. The van der Waals surface area contributed by atoms with Crippen molar-refractivity contribution in [2.24, 2.45) is 11.8 Å². The standard InChI is InChI=1S/C26H52N4O3/c1-11-29(23(31)21(2)19-25(4,5)27(7)8)14-12-13-26(6,28(9)10)20-22(3)24(32)30-15-17-33-18-16-30/h21-22H,11-20H2,1-10H3. The second-order valence-electron chi connectivity index (χ2n) is 11.3. The third-order valence-corrected chi connectivity index (χ3v) is 7.84. The fraction of sp³-hybridized carbons (Fsp3) is 0.923. The molecule has 1 rings (SSSR count). The van der Waals surface area contributed by atoms with Crippen LogP contribution in [0, 0.1) is 11.8 Å². The number of rotatable bonds is 13. The van der Waals surface area contributed by atoms with E-state index in [4.69, 9.17) is 4.74 Å². The molecular weight excluding hydrogens is 416 g/mol. The van der Waals surface area contributed by atoms with Crippen molar-refractivity contribution in [3.63, 3.8) is 0 Å². The lowest BCUT2D eigenvalue weighted by molar-refractivity contribution is -0.140. The summed E-state index contributed by atoms with van der Waals surface area (Å²) in [5.41, 5.74) is -0.108. The second-order valence-corrected chi connectivity index (χ2v) is 11.3. The summed E-state index contributed by atoms with van der Waals surface area (Å²) in [6.07, 6.45) is 3.52. The predicted octanol–water partition coefficient (Wildman–Crippen LogP) is 3.19. The van der Waals surface area contributed by atoms with Crippen LogP contribution in [-0.2, 0) is 14.3 Å². The monoisotopic (exact) mass is 468 g/mol. The van der Waals surface area contributed by atoms with Gasteiger partial charge in [-0.15, -0.1) is 0 Å². The maximum absolute atomic E-state index is 13.1. The normalized spacial score (nSPS) is 18.8. The number of nitrogens with zero attached hydrogens (tertiary/aromatic N) is 4. The molecule has 3 unspecified atom stereocenters. The molecule has 2 amide bonds. The Morgan fingerprint density at radius 2 is 1.52 bits per heavy atom. The van der Waals surface area contributed by atoms with E-state index in [0.717, 1.165) is 38.8 Å². The van der Waals surface area contributed by atoms with Gasteiger partial charge in [-0.3, -0.25) is 9.59 Å². The number of hydrogen-bond acceptors (Lipinski definition) is 5. The molecule has 1 aliphatic heterocycles. The molecule has 0 saturated carbocycles. The Kier molecular flexibility index (Phi) is 11.8. The van der Waals surface area contributed by atoms with Gasteiger partial charge >= 0.3 is 0 Å². The highest BCUT2D eigenvalue weighted by Gasteiger charge is 2.34. The van der Waals surface area contributed by atoms with Gasteiger partial charge in [-0.2, -0.15) is 0 Å². The minimum absolute atomic E-state index is 0.00579. The van der Waals surface area contributed by atoms with Crippen LogP contribution in [0.5, 0.6) is 0 Å². The molecule has 1 heterocycles. The number of morpholine rings is 1. The van der Waals surface area contributed by atoms with Crippen LogP contribution in [0.2, 0.25) is 0 Å². The molecule has 0 bridgehead atoms. The van der Waals surface area contributed by atoms with E-state index in [9.17, 15) is 9.59 Å². The lowest BCUT2D eigenvalue weighted by Crippen LogP contribution is -2.48. The van der Waals surface area contributed by atoms with Gasteiger partial charge in [-0.1, -0.05) is 13.8 Å². The lowest BCUT2D eigenvalue weighted by Gasteiger charge is -2.40. The van der Waals surface area contributed by atoms with E-state index in [1.165, 1.54) is 0 Å². The van der Waals surface area contributed by atoms with Crippen molar-refractivity contribution in [3.05, 3.63) is 0 Å². The molecule has 3 atom stereocenters. The van der Waals surface area contributed by atoms with Gasteiger partial charge < -0.3 is 24.3 Å². The van der Waals surface area contributed by atoms with Crippen LogP contribution in [0.15, 0.2) is 0 Å². The molecule has 0 spiro atoms. The Balaban J connectivity index is 2.68. The average molecular weight is 469 g/mol. The average Bonchev–Trinajstić information content (AvgIpc) is 2.75. The van der Waals surface area contributed by atoms with Crippen molar-refractivity contribution >= 4 is 11.8 Å². The van der Waals surface area contributed by atoms with Crippen LogP contribution in [0.3, 0.4) is 0 Å². The molecule has 1 fully saturated rings. The van der Waals surface area contributed by atoms with Gasteiger partial charge in [0.1, 0.15) is 0 Å². The number of carbonyl (C=O) groups excluding carboxylic acids is 2. The van der Waals surface area contributed by atoms with Crippen LogP contribution in [-0.4, -0.2) is 110 Å². The fourth-order valence-corrected chi connectivity index (χ4v) is 4.76. The van der Waals surface area contributed by atoms with Gasteiger partial charge in [-0.05, 0) is 81.6 Å². The molecule has 0 aromatic carbocycles. The summed E-state index contributed by atoms with van der Waals surface area (Å²) in [6, 6.07) is 0. The molecule has 0 aliphatic carbocycles. The number of amides is 2. The Hall–Kier alpha value is -1.18. The van der Waals surface area contributed by atoms with Crippen molar-refractivity contribution in [1.29, 1.82) is 0 Å². The third kappa shape index (κ3) is 8.84. The zero-order valence-corrected chi connectivity index (χ0v) is 23.2. The van der Waals surface area contributed by atoms with E-state index in [-0.39, 0.29) is 34.7 Å². The van der Waals surface area contributed by atoms with Gasteiger partial charge in [0.2, 0.25) is 11.8 Å². The molecule has 7 heteroatoms. The zero-order valence-electron chi connectivity index (χ0n) is 23.2. The van der Waals surface area contributed by atoms with E-state index in [2.05, 4.69) is 79.5 Å². The topological polar surface area (TPSA) is 56.3 Å². The van der Waals surface area contributed by atoms with Crippen LogP contribution < -0.4 is 0 Å². The molecule has 7 nitrogen and oxygen atoms in total. The Bertz CT molecular complexity index is 617. The Morgan fingerprint density at radius 3 is 2.00 bits per heavy atom. The van der Waals surface area contributed by atoms with Crippen LogP contribution >= 0.6 is 0 Å². The summed E-state index contributed by atoms with van der Waals surface area (Å²) in [7, 11) is 8.34. The summed E-state index contributed by atoms with van der Waals surface area (Å²) >= 11 is 0. The minimum atomic E-state index is -0.0949. The highest BCUT2D eigenvalue weighted by atomic mass is 16.5. The van der Waals surface area contributed by atoms with Crippen molar-refractivity contribution in [3.8, 4) is 0 Å². The van der Waals surface area contributed by atoms with E-state index < -0.39 is 0 Å². The van der Waals surface area contributed by atoms with Gasteiger partial charge in [0.15, 0.2) is 0 Å². The van der Waals surface area contributed by atoms with Crippen molar-refractivity contribution < 1.29 is 14.3 Å². The van der Waals surface area contributed by atoms with Crippen LogP contribution in [0.1, 0.15) is 67.2 Å². The fourth-order valence-electron chi connectivity index (χ4n) is 4.76. The predicted molar refractivity (Wildman–Crippen MR) is 136 cm³/mol. The van der Waals surface area contributed by atoms with Gasteiger partial charge in [0.25, 0.3) is 0 Å². The second kappa shape index (κ2) is 13.1. The van der Waals surface area contributed by atoms with Gasteiger partial charge in [-0.25, -0.2) is 0 Å². The van der Waals surface area contributed by atoms with E-state index in [0.29, 0.717) is 26.3 Å². The van der Waals surface area contributed by atoms with Crippen LogP contribution in [0.4, 0.5) is 0 Å². The van der Waals surface area contributed by atoms with Crippen molar-refractivity contribution in [2.75, 3.05) is 67.6 Å². The quantitative estimate of drug-likeness (QED) is 0.416. The SMILES string of the molecule is CCN(CCCC(C)(CC(C)C(=O)N1CCOCC1)N(C)C)C(=O)C(C)CC(C)(C)N(C)C. The first kappa shape index (κ1) is 29.9. The smallest absolute Gasteiger partial charge is 0.225 e. The molecule has 194 valence electrons. The summed E-state index contributed by atoms with van der Waals surface area (Å²) in [5.74, 6) is 0.436. The lowest BCUT2D eigenvalue weighted by atomic mass is 9.84. The van der Waals surface area contributed by atoms with Gasteiger partial charge in [0, 0.05) is 49.1 Å². The summed E-state index contributed by atoms with van der Waals surface area (Å²) < 4.78 is 5.39. The van der Waals surface area contributed by atoms with Gasteiger partial charge in [0.05, 0.1) is 13.2 Å². The number of ether oxygens (including phenoxy) is 1. The first-order valence-corrected chi connectivity index (χ1v) is 12.8. The van der Waals surface area contributed by atoms with Crippen LogP contribution in [0.25, 0.3) is 0 Å². The molecule has 0 N–H and O–H groups in total. The molecule has 1 saturated heterocycles. The molecule has 33 heavy (non-hydrogen) atoms. The molecule has 0 aromatic rings. The highest BCUT2D eigenvalue weighted by molar-refractivity contribution is 5.79. The molecule has 0 radical (unpaired) electrons. The van der Waals surface area contributed by atoms with E-state index in [1.54, 1.807) is 0 Å². The highest BCUT2D eigenvalue weighted by Crippen LogP contribution is 2.29. The summed E-state index contributed by atoms with van der Waals surface area (Å²) in [5, 5.41) is 0. The first-order chi connectivity index (χ1) is 15.2. The molecule has 1 aliphatic rings. The van der Waals surface area contributed by atoms with Crippen molar-refractivity contribution in [2.45, 2.75) is 78.3 Å². The maximum Gasteiger partial charge on any atom is 0.225 e. The van der Waals surface area contributed by atoms with E-state index in [1.807, 2.05) is 9.80 Å². The van der Waals surface area contributed by atoms with E-state index >= 15 is 0 Å².